The molecule has 3 saturated heterocycles. The van der Waals surface area contributed by atoms with Crippen molar-refractivity contribution in [1.29, 1.82) is 0 Å². The number of carbonyl (C=O) groups is 3. The van der Waals surface area contributed by atoms with E-state index in [9.17, 15) is 19.5 Å². The summed E-state index contributed by atoms with van der Waals surface area (Å²) in [5, 5.41) is 9.36. The van der Waals surface area contributed by atoms with Gasteiger partial charge in [-0.25, -0.2) is 0 Å². The molecule has 37 heavy (non-hydrogen) atoms. The molecule has 2 bridgehead atoms. The van der Waals surface area contributed by atoms with Crippen LogP contribution in [0.5, 0.6) is 0 Å². The fraction of sp³-hybridized carbons (Fsp3) is 0.759. The third-order valence-electron chi connectivity index (χ3n) is 8.62. The number of ether oxygens (including phenoxy) is 2. The average Bonchev–Trinajstić information content (AvgIpc) is 3.49. The van der Waals surface area contributed by atoms with Gasteiger partial charge in [0.15, 0.2) is 0 Å². The molecule has 6 atom stereocenters. The van der Waals surface area contributed by atoms with Crippen LogP contribution >= 0.6 is 0 Å². The Hall–Kier alpha value is -2.19. The molecule has 3 aliphatic heterocycles. The number of esters is 1. The average molecular weight is 519 g/mol. The highest BCUT2D eigenvalue weighted by molar-refractivity contribution is 5.98. The first-order valence-corrected chi connectivity index (χ1v) is 14.1. The van der Waals surface area contributed by atoms with Gasteiger partial charge in [-0.15, -0.1) is 13.2 Å². The Balaban J connectivity index is 2.01. The maximum Gasteiger partial charge on any atom is 0.312 e. The molecule has 0 radical (unpaired) electrons. The largest absolute Gasteiger partial charge is 0.465 e. The monoisotopic (exact) mass is 518 g/mol. The zero-order valence-corrected chi connectivity index (χ0v) is 23.0. The van der Waals surface area contributed by atoms with Crippen LogP contribution in [0.3, 0.4) is 0 Å². The molecule has 0 saturated carbocycles. The number of fused-ring (bicyclic) bond motifs is 1. The van der Waals surface area contributed by atoms with Gasteiger partial charge in [0, 0.05) is 25.7 Å². The number of hydrogen-bond acceptors (Lipinski definition) is 6. The van der Waals surface area contributed by atoms with E-state index in [0.717, 1.165) is 19.3 Å². The third kappa shape index (κ3) is 5.24. The van der Waals surface area contributed by atoms with Gasteiger partial charge in [-0.1, -0.05) is 32.4 Å². The van der Waals surface area contributed by atoms with Crippen molar-refractivity contribution in [2.75, 3.05) is 26.3 Å². The van der Waals surface area contributed by atoms with Crippen LogP contribution < -0.4 is 0 Å². The zero-order valence-electron chi connectivity index (χ0n) is 23.0. The Bertz CT molecular complexity index is 861. The highest BCUT2D eigenvalue weighted by atomic mass is 16.6. The summed E-state index contributed by atoms with van der Waals surface area (Å²) in [5.41, 5.74) is -1.86. The zero-order chi connectivity index (χ0) is 27.2. The molecule has 3 aliphatic rings. The van der Waals surface area contributed by atoms with E-state index >= 15 is 0 Å². The number of aliphatic hydroxyl groups is 1. The first-order valence-electron chi connectivity index (χ1n) is 14.1. The number of likely N-dealkylation sites (tertiary alicyclic amines) is 1. The number of nitrogens with zero attached hydrogens (tertiary/aromatic N) is 2. The molecule has 8 nitrogen and oxygen atoms in total. The molecule has 3 heterocycles. The van der Waals surface area contributed by atoms with Gasteiger partial charge >= 0.3 is 5.97 Å². The molecule has 0 aliphatic carbocycles. The van der Waals surface area contributed by atoms with Gasteiger partial charge in [0.05, 0.1) is 18.1 Å². The fourth-order valence-electron chi connectivity index (χ4n) is 6.84. The number of amides is 2. The Morgan fingerprint density at radius 1 is 1.24 bits per heavy atom. The summed E-state index contributed by atoms with van der Waals surface area (Å²) in [4.78, 5) is 45.3. The highest BCUT2D eigenvalue weighted by Gasteiger charge is 2.79. The second-order valence-corrected chi connectivity index (χ2v) is 10.8. The summed E-state index contributed by atoms with van der Waals surface area (Å²) in [6.07, 6.45) is 9.50. The van der Waals surface area contributed by atoms with Crippen LogP contribution in [0.15, 0.2) is 25.3 Å². The summed E-state index contributed by atoms with van der Waals surface area (Å²) < 4.78 is 12.5. The van der Waals surface area contributed by atoms with Crippen LogP contribution in [0.2, 0.25) is 0 Å². The van der Waals surface area contributed by atoms with E-state index < -0.39 is 35.0 Å². The van der Waals surface area contributed by atoms with Crippen molar-refractivity contribution in [2.24, 2.45) is 11.8 Å². The minimum Gasteiger partial charge on any atom is -0.465 e. The second-order valence-electron chi connectivity index (χ2n) is 10.8. The molecule has 1 spiro atoms. The Morgan fingerprint density at radius 2 is 2.00 bits per heavy atom. The summed E-state index contributed by atoms with van der Waals surface area (Å²) in [5.74, 6) is -2.24. The Morgan fingerprint density at radius 3 is 2.62 bits per heavy atom. The molecule has 1 N–H and O–H groups in total. The topological polar surface area (TPSA) is 96.4 Å². The first-order chi connectivity index (χ1) is 17.8. The van der Waals surface area contributed by atoms with Crippen molar-refractivity contribution in [3.63, 3.8) is 0 Å². The Kier molecular flexibility index (Phi) is 9.98. The van der Waals surface area contributed by atoms with Crippen LogP contribution in [0.1, 0.15) is 78.6 Å². The molecule has 8 heteroatoms. The number of hydrogen-bond donors (Lipinski definition) is 1. The molecular formula is C29H46N2O6. The van der Waals surface area contributed by atoms with E-state index in [-0.39, 0.29) is 31.1 Å². The summed E-state index contributed by atoms with van der Waals surface area (Å²) in [6, 6.07) is -0.834. The maximum absolute atomic E-state index is 14.3. The van der Waals surface area contributed by atoms with Crippen molar-refractivity contribution >= 4 is 17.8 Å². The van der Waals surface area contributed by atoms with Gasteiger partial charge in [-0.05, 0) is 58.3 Å². The SMILES string of the molecule is C=CCCCOC(=O)[C@H]1[C@H]2C(=O)N(CCCCO)C(C(=O)N(CC=C)C(C)CCC)C23CC[C@]1(CC)O3. The van der Waals surface area contributed by atoms with Crippen molar-refractivity contribution < 1.29 is 29.0 Å². The maximum atomic E-state index is 14.3. The van der Waals surface area contributed by atoms with Crippen molar-refractivity contribution in [3.05, 3.63) is 25.3 Å². The van der Waals surface area contributed by atoms with E-state index in [1.807, 2.05) is 13.8 Å². The Labute approximate surface area is 222 Å². The summed E-state index contributed by atoms with van der Waals surface area (Å²) in [6.45, 7) is 14.6. The minimum absolute atomic E-state index is 0.0143. The first kappa shape index (κ1) is 29.4. The highest BCUT2D eigenvalue weighted by Crippen LogP contribution is 2.64. The van der Waals surface area contributed by atoms with Gasteiger partial charge in [-0.3, -0.25) is 14.4 Å². The fourth-order valence-corrected chi connectivity index (χ4v) is 6.84. The van der Waals surface area contributed by atoms with Gasteiger partial charge < -0.3 is 24.4 Å². The molecule has 0 aromatic rings. The third-order valence-corrected chi connectivity index (χ3v) is 8.62. The number of unbranched alkanes of at least 4 members (excludes halogenated alkanes) is 2. The van der Waals surface area contributed by atoms with Crippen LogP contribution in [0.4, 0.5) is 0 Å². The standard InChI is InChI=1S/C29H46N2O6/c1-6-10-13-20-36-27(35)23-22-25(33)31(18-11-12-19-32)24(29(22)16-15-28(23,9-4)37-29)26(34)30(17-8-3)21(5)14-7-2/h6,8,21-24,32H,1,3,7,9-20H2,2,4-5H3/t21?,22-,23+,24?,28-,29?/m0/s1. The second kappa shape index (κ2) is 12.6. The molecular weight excluding hydrogens is 472 g/mol. The molecule has 3 unspecified atom stereocenters. The van der Waals surface area contributed by atoms with E-state index in [2.05, 4.69) is 20.1 Å². The molecule has 3 rings (SSSR count). The van der Waals surface area contributed by atoms with Crippen LogP contribution in [-0.2, 0) is 23.9 Å². The lowest BCUT2D eigenvalue weighted by Gasteiger charge is -2.39. The predicted molar refractivity (Wildman–Crippen MR) is 142 cm³/mol. The number of carbonyl (C=O) groups excluding carboxylic acids is 3. The van der Waals surface area contributed by atoms with Crippen molar-refractivity contribution in [3.8, 4) is 0 Å². The summed E-state index contributed by atoms with van der Waals surface area (Å²) in [7, 11) is 0. The number of rotatable bonds is 16. The van der Waals surface area contributed by atoms with Crippen LogP contribution in [-0.4, -0.2) is 82.3 Å². The lowest BCUT2D eigenvalue weighted by atomic mass is 9.65. The van der Waals surface area contributed by atoms with Gasteiger partial charge in [0.25, 0.3) is 0 Å². The molecule has 0 aromatic carbocycles. The van der Waals surface area contributed by atoms with Crippen LogP contribution in [0, 0.1) is 11.8 Å². The normalized spacial score (nSPS) is 30.8. The van der Waals surface area contributed by atoms with E-state index in [4.69, 9.17) is 9.47 Å². The number of allylic oxidation sites excluding steroid dienone is 1. The van der Waals surface area contributed by atoms with E-state index in [0.29, 0.717) is 51.6 Å². The van der Waals surface area contributed by atoms with Crippen LogP contribution in [0.25, 0.3) is 0 Å². The van der Waals surface area contributed by atoms with Gasteiger partial charge in [0.1, 0.15) is 17.6 Å². The lowest BCUT2D eigenvalue weighted by molar-refractivity contribution is -0.162. The minimum atomic E-state index is -1.06. The number of aliphatic hydroxyl groups excluding tert-OH is 1. The summed E-state index contributed by atoms with van der Waals surface area (Å²) >= 11 is 0. The molecule has 0 aromatic heterocycles. The van der Waals surface area contributed by atoms with Crippen molar-refractivity contribution in [1.82, 2.24) is 9.80 Å². The van der Waals surface area contributed by atoms with Gasteiger partial charge in [0.2, 0.25) is 11.8 Å². The lowest BCUT2D eigenvalue weighted by Crippen LogP contribution is -2.58. The predicted octanol–water partition coefficient (Wildman–Crippen LogP) is 3.63. The smallest absolute Gasteiger partial charge is 0.312 e. The molecule has 3 fully saturated rings. The van der Waals surface area contributed by atoms with E-state index in [1.165, 1.54) is 0 Å². The van der Waals surface area contributed by atoms with Crippen molar-refractivity contribution in [2.45, 2.75) is 102 Å². The van der Waals surface area contributed by atoms with E-state index in [1.54, 1.807) is 22.0 Å². The molecule has 2 amide bonds. The molecule has 208 valence electrons. The quantitative estimate of drug-likeness (QED) is 0.190. The van der Waals surface area contributed by atoms with Gasteiger partial charge in [-0.2, -0.15) is 0 Å².